The lowest BCUT2D eigenvalue weighted by Gasteiger charge is -2.10. The third kappa shape index (κ3) is 0.500. The van der Waals surface area contributed by atoms with E-state index in [1.807, 2.05) is 0 Å². The third-order valence-corrected chi connectivity index (χ3v) is 2.82. The van der Waals surface area contributed by atoms with Crippen LogP contribution in [0.2, 0.25) is 0 Å². The Morgan fingerprint density at radius 1 is 0.375 bits per heavy atom. The minimum atomic E-state index is 0.477. The zero-order valence-electron chi connectivity index (χ0n) is 7.58. The molecule has 0 spiro atoms. The lowest BCUT2D eigenvalue weighted by atomic mass is 10.1. The predicted molar refractivity (Wildman–Crippen MR) is 52.4 cm³/mol. The Morgan fingerprint density at radius 2 is 0.750 bits per heavy atom. The van der Waals surface area contributed by atoms with Gasteiger partial charge in [-0.25, -0.2) is 0 Å². The summed E-state index contributed by atoms with van der Waals surface area (Å²) in [5.41, 5.74) is 4.05. The lowest BCUT2D eigenvalue weighted by molar-refractivity contribution is 0.952. The maximum Gasteiger partial charge on any atom is 0.206 e. The van der Waals surface area contributed by atoms with Gasteiger partial charge in [0.25, 0.3) is 0 Å². The second-order valence-electron chi connectivity index (χ2n) is 3.59. The van der Waals surface area contributed by atoms with Crippen molar-refractivity contribution < 1.29 is 0 Å². The van der Waals surface area contributed by atoms with Crippen LogP contribution in [-0.2, 0) is 0 Å². The molecule has 0 aliphatic rings. The molecule has 8 heteroatoms. The summed E-state index contributed by atoms with van der Waals surface area (Å²) in [6, 6.07) is 0. The van der Waals surface area contributed by atoms with Crippen molar-refractivity contribution in [3.8, 4) is 0 Å². The molecule has 0 atom stereocenters. The number of hydrogen-bond donors (Lipinski definition) is 0. The SMILES string of the molecule is n1nc2nnc1c1c3nnc3c3nnc3c21. The van der Waals surface area contributed by atoms with E-state index in [0.717, 1.165) is 32.8 Å². The number of rotatable bonds is 0. The molecule has 5 aromatic heterocycles. The first-order chi connectivity index (χ1) is 7.93. The number of benzene rings is 1. The van der Waals surface area contributed by atoms with Crippen molar-refractivity contribution in [3.05, 3.63) is 0 Å². The Bertz CT molecular complexity index is 848. The molecule has 0 saturated carbocycles. The second kappa shape index (κ2) is 1.85. The van der Waals surface area contributed by atoms with Crippen LogP contribution in [0.5, 0.6) is 0 Å². The van der Waals surface area contributed by atoms with E-state index >= 15 is 0 Å². The molecule has 0 aliphatic carbocycles. The van der Waals surface area contributed by atoms with Crippen molar-refractivity contribution in [1.29, 1.82) is 0 Å². The van der Waals surface area contributed by atoms with Gasteiger partial charge in [0.15, 0.2) is 0 Å². The molecule has 0 saturated heterocycles. The van der Waals surface area contributed by atoms with Gasteiger partial charge < -0.3 is 0 Å². The normalized spacial score (nSPS) is 13.0. The van der Waals surface area contributed by atoms with Crippen molar-refractivity contribution >= 4 is 44.1 Å². The predicted octanol–water partition coefficient (Wildman–Crippen LogP) is -0.227. The fourth-order valence-electron chi connectivity index (χ4n) is 2.06. The van der Waals surface area contributed by atoms with Gasteiger partial charge in [-0.3, -0.25) is 0 Å². The summed E-state index contributed by atoms with van der Waals surface area (Å²) in [4.78, 5) is 0. The molecule has 16 heavy (non-hydrogen) atoms. The van der Waals surface area contributed by atoms with Crippen LogP contribution in [0.1, 0.15) is 0 Å². The molecule has 0 radical (unpaired) electrons. The van der Waals surface area contributed by atoms with Crippen molar-refractivity contribution in [2.75, 3.05) is 0 Å². The summed E-state index contributed by atoms with van der Waals surface area (Å²) < 4.78 is 0. The van der Waals surface area contributed by atoms with Crippen LogP contribution in [0.15, 0.2) is 0 Å². The van der Waals surface area contributed by atoms with E-state index in [-0.39, 0.29) is 0 Å². The standard InChI is InChI=1S/C8N8/c9-3-1-2(8-15-13-7(1)14-16-8)4-6(12-10-4)5(3)11-9. The van der Waals surface area contributed by atoms with E-state index in [1.54, 1.807) is 0 Å². The molecule has 0 aliphatic heterocycles. The topological polar surface area (TPSA) is 103 Å². The molecular weight excluding hydrogens is 208 g/mol. The molecule has 2 bridgehead atoms. The first-order valence-electron chi connectivity index (χ1n) is 4.59. The van der Waals surface area contributed by atoms with E-state index in [2.05, 4.69) is 40.8 Å². The minimum absolute atomic E-state index is 0.477. The molecule has 8 nitrogen and oxygen atoms in total. The Kier molecular flexibility index (Phi) is 0.783. The molecule has 0 unspecified atom stereocenters. The molecule has 0 amide bonds. The van der Waals surface area contributed by atoms with Crippen molar-refractivity contribution in [1.82, 2.24) is 40.8 Å². The van der Waals surface area contributed by atoms with Crippen LogP contribution in [0.25, 0.3) is 44.1 Å². The van der Waals surface area contributed by atoms with Crippen LogP contribution >= 0.6 is 0 Å². The number of aromatic nitrogens is 8. The Labute approximate surface area is 85.7 Å². The maximum atomic E-state index is 3.99. The quantitative estimate of drug-likeness (QED) is 0.344. The van der Waals surface area contributed by atoms with Gasteiger partial charge in [0.2, 0.25) is 11.3 Å². The molecule has 0 fully saturated rings. The molecule has 6 rings (SSSR count). The maximum absolute atomic E-state index is 3.99. The van der Waals surface area contributed by atoms with Gasteiger partial charge in [0.05, 0.1) is 10.8 Å². The highest BCUT2D eigenvalue weighted by molar-refractivity contribution is 6.28. The van der Waals surface area contributed by atoms with Gasteiger partial charge in [-0.1, -0.05) is 0 Å². The third-order valence-electron chi connectivity index (χ3n) is 2.82. The zero-order valence-corrected chi connectivity index (χ0v) is 7.58. The molecule has 5 heterocycles. The lowest BCUT2D eigenvalue weighted by Crippen LogP contribution is -2.06. The summed E-state index contributed by atoms with van der Waals surface area (Å²) in [5.74, 6) is 0. The second-order valence-corrected chi connectivity index (χ2v) is 3.59. The minimum Gasteiger partial charge on any atom is -0.147 e. The summed E-state index contributed by atoms with van der Waals surface area (Å²) in [5, 5.41) is 33.3. The smallest absolute Gasteiger partial charge is 0.147 e. The average Bonchev–Trinajstić information content (AvgIpc) is 2.25. The summed E-state index contributed by atoms with van der Waals surface area (Å²) in [6.45, 7) is 0. The fourth-order valence-corrected chi connectivity index (χ4v) is 2.06. The first-order valence-corrected chi connectivity index (χ1v) is 4.59. The van der Waals surface area contributed by atoms with Gasteiger partial charge >= 0.3 is 0 Å². The van der Waals surface area contributed by atoms with Crippen LogP contribution in [0, 0.1) is 0 Å². The molecular formula is C8N8. The highest BCUT2D eigenvalue weighted by atomic mass is 15.3. The van der Waals surface area contributed by atoms with E-state index in [0.29, 0.717) is 11.3 Å². The van der Waals surface area contributed by atoms with Gasteiger partial charge in [0, 0.05) is 0 Å². The van der Waals surface area contributed by atoms with Gasteiger partial charge in [-0.15, -0.1) is 40.8 Å². The van der Waals surface area contributed by atoms with E-state index in [1.165, 1.54) is 0 Å². The molecule has 6 aromatic rings. The monoisotopic (exact) mass is 208 g/mol. The van der Waals surface area contributed by atoms with E-state index in [9.17, 15) is 0 Å². The number of fused-ring (bicyclic) bond motifs is 5. The average molecular weight is 208 g/mol. The van der Waals surface area contributed by atoms with Crippen molar-refractivity contribution in [2.24, 2.45) is 0 Å². The summed E-state index contributed by atoms with van der Waals surface area (Å²) in [6.07, 6.45) is 0. The first kappa shape index (κ1) is 6.77. The Balaban J connectivity index is 2.34. The fraction of sp³-hybridized carbons (Fsp3) is 0. The summed E-state index contributed by atoms with van der Waals surface area (Å²) in [7, 11) is 0. The van der Waals surface area contributed by atoms with Gasteiger partial charge in [-0.2, -0.15) is 0 Å². The van der Waals surface area contributed by atoms with Crippen molar-refractivity contribution in [3.63, 3.8) is 0 Å². The highest BCUT2D eigenvalue weighted by Gasteiger charge is 2.24. The summed E-state index contributed by atoms with van der Waals surface area (Å²) >= 11 is 0. The van der Waals surface area contributed by atoms with E-state index < -0.39 is 0 Å². The zero-order chi connectivity index (χ0) is 10.3. The van der Waals surface area contributed by atoms with Crippen LogP contribution in [0.3, 0.4) is 0 Å². The van der Waals surface area contributed by atoms with E-state index in [4.69, 9.17) is 0 Å². The number of nitrogens with zero attached hydrogens (tertiary/aromatic N) is 8. The largest absolute Gasteiger partial charge is 0.206 e. The Morgan fingerprint density at radius 3 is 1.06 bits per heavy atom. The van der Waals surface area contributed by atoms with Crippen LogP contribution < -0.4 is 0 Å². The van der Waals surface area contributed by atoms with Crippen LogP contribution in [-0.4, -0.2) is 40.8 Å². The number of hydrogen-bond acceptors (Lipinski definition) is 8. The molecule has 0 N–H and O–H groups in total. The molecule has 72 valence electrons. The highest BCUT2D eigenvalue weighted by Crippen LogP contribution is 2.35. The van der Waals surface area contributed by atoms with Crippen molar-refractivity contribution in [2.45, 2.75) is 0 Å². The Hall–Kier alpha value is -2.64. The van der Waals surface area contributed by atoms with Crippen LogP contribution in [0.4, 0.5) is 0 Å². The van der Waals surface area contributed by atoms with Gasteiger partial charge in [-0.05, 0) is 0 Å². The molecule has 1 aromatic carbocycles. The van der Waals surface area contributed by atoms with Gasteiger partial charge in [0.1, 0.15) is 22.1 Å².